The standard InChI is InChI=1S/C3H8BP/c1-4-5(2)3/h1H2,2-3H3. The summed E-state index contributed by atoms with van der Waals surface area (Å²) in [6.07, 6.45) is 0. The minimum atomic E-state index is 0.166. The Balaban J connectivity index is 2.83. The first-order valence-corrected chi connectivity index (χ1v) is 3.87. The van der Waals surface area contributed by atoms with Gasteiger partial charge < -0.3 is 0 Å². The Hall–Kier alpha value is 0.365. The first-order chi connectivity index (χ1) is 2.27. The molecule has 5 heavy (non-hydrogen) atoms. The normalized spacial score (nSPS) is 7.80. The molecule has 0 atom stereocenters. The van der Waals surface area contributed by atoms with E-state index in [1.165, 1.54) is 0 Å². The fourth-order valence-corrected chi connectivity index (χ4v) is 0. The van der Waals surface area contributed by atoms with Crippen LogP contribution in [0.25, 0.3) is 0 Å². The van der Waals surface area contributed by atoms with Crippen LogP contribution in [0.5, 0.6) is 0 Å². The van der Waals surface area contributed by atoms with E-state index in [2.05, 4.69) is 19.8 Å². The van der Waals surface area contributed by atoms with Gasteiger partial charge in [-0.1, -0.05) is 0 Å². The molecule has 0 aromatic heterocycles. The van der Waals surface area contributed by atoms with Crippen LogP contribution in [0.1, 0.15) is 0 Å². The molecular formula is C3H8BP. The summed E-state index contributed by atoms with van der Waals surface area (Å²) in [5.74, 6) is 0. The molecule has 0 aliphatic rings. The van der Waals surface area contributed by atoms with Crippen LogP contribution in [0, 0.1) is 0 Å². The van der Waals surface area contributed by atoms with E-state index in [-0.39, 0.29) is 7.80 Å². The fraction of sp³-hybridized carbons (Fsp3) is 0.667. The molecular weight excluding hydrogens is 77.8 g/mol. The SMILES string of the molecule is C=BP(C)C. The minimum absolute atomic E-state index is 0.166. The molecule has 0 fully saturated rings. The van der Waals surface area contributed by atoms with Crippen molar-refractivity contribution in [3.8, 4) is 0 Å². The van der Waals surface area contributed by atoms with Crippen molar-refractivity contribution in [1.82, 2.24) is 0 Å². The zero-order valence-electron chi connectivity index (χ0n) is 3.73. The molecule has 0 aromatic rings. The fourth-order valence-electron chi connectivity index (χ4n) is 0. The molecule has 0 radical (unpaired) electrons. The molecule has 0 N–H and O–H groups in total. The Morgan fingerprint density at radius 3 is 1.80 bits per heavy atom. The summed E-state index contributed by atoms with van der Waals surface area (Å²) in [5, 5.41) is 0. The van der Waals surface area contributed by atoms with Gasteiger partial charge in [-0.25, -0.2) is 0 Å². The summed E-state index contributed by atoms with van der Waals surface area (Å²) in [6, 6.07) is 0. The quantitative estimate of drug-likeness (QED) is 0.326. The van der Waals surface area contributed by atoms with Crippen LogP contribution in [-0.4, -0.2) is 26.4 Å². The topological polar surface area (TPSA) is 0 Å². The summed E-state index contributed by atoms with van der Waals surface area (Å²) in [4.78, 5) is 0. The molecule has 2 heteroatoms. The van der Waals surface area contributed by atoms with Gasteiger partial charge in [-0.3, -0.25) is 0 Å². The van der Waals surface area contributed by atoms with Crippen molar-refractivity contribution < 1.29 is 0 Å². The second-order valence-electron chi connectivity index (χ2n) is 1.15. The second kappa shape index (κ2) is 2.59. The van der Waals surface area contributed by atoms with Crippen molar-refractivity contribution in [3.63, 3.8) is 0 Å². The van der Waals surface area contributed by atoms with Gasteiger partial charge in [0.05, 0.1) is 0 Å². The third-order valence-electron chi connectivity index (χ3n) is 0.365. The first kappa shape index (κ1) is 5.36. The van der Waals surface area contributed by atoms with E-state index in [4.69, 9.17) is 0 Å². The van der Waals surface area contributed by atoms with Gasteiger partial charge in [-0.2, -0.15) is 0 Å². The van der Waals surface area contributed by atoms with Crippen LogP contribution in [0.3, 0.4) is 0 Å². The van der Waals surface area contributed by atoms with Gasteiger partial charge in [0.1, 0.15) is 0 Å². The molecule has 0 rings (SSSR count). The van der Waals surface area contributed by atoms with E-state index >= 15 is 0 Å². The van der Waals surface area contributed by atoms with Crippen LogP contribution < -0.4 is 0 Å². The van der Waals surface area contributed by atoms with Gasteiger partial charge in [-0.15, -0.1) is 0 Å². The second-order valence-corrected chi connectivity index (χ2v) is 3.44. The number of rotatable bonds is 1. The Morgan fingerprint density at radius 1 is 1.60 bits per heavy atom. The van der Waals surface area contributed by atoms with Crippen molar-refractivity contribution in [2.45, 2.75) is 0 Å². The predicted octanol–water partition coefficient (Wildman–Crippen LogP) is 0.779. The Morgan fingerprint density at radius 2 is 1.80 bits per heavy atom. The maximum atomic E-state index is 3.59. The predicted molar refractivity (Wildman–Crippen MR) is 31.6 cm³/mol. The van der Waals surface area contributed by atoms with E-state index in [1.54, 1.807) is 0 Å². The monoisotopic (exact) mass is 86.0 g/mol. The van der Waals surface area contributed by atoms with Crippen LogP contribution in [0.2, 0.25) is 0 Å². The van der Waals surface area contributed by atoms with Crippen LogP contribution in [0.4, 0.5) is 0 Å². The van der Waals surface area contributed by atoms with Crippen molar-refractivity contribution in [1.29, 1.82) is 0 Å². The van der Waals surface area contributed by atoms with Crippen LogP contribution in [-0.2, 0) is 0 Å². The molecule has 0 heterocycles. The molecule has 28 valence electrons. The first-order valence-electron chi connectivity index (χ1n) is 1.56. The van der Waals surface area contributed by atoms with Gasteiger partial charge in [0.15, 0.2) is 0 Å². The molecule has 0 saturated heterocycles. The van der Waals surface area contributed by atoms with Crippen LogP contribution in [0.15, 0.2) is 0 Å². The van der Waals surface area contributed by atoms with Crippen molar-refractivity contribution in [3.05, 3.63) is 0 Å². The Bertz CT molecular complexity index is 33.9. The van der Waals surface area contributed by atoms with Crippen molar-refractivity contribution in [2.24, 2.45) is 0 Å². The van der Waals surface area contributed by atoms with Gasteiger partial charge in [0.2, 0.25) is 0 Å². The molecule has 0 aromatic carbocycles. The van der Waals surface area contributed by atoms with E-state index < -0.39 is 0 Å². The van der Waals surface area contributed by atoms with E-state index in [9.17, 15) is 0 Å². The Labute approximate surface area is 35.2 Å². The third-order valence-corrected chi connectivity index (χ3v) is 1.10. The Kier molecular flexibility index (Phi) is 2.78. The number of hydrogen-bond donors (Lipinski definition) is 0. The average molecular weight is 85.9 g/mol. The molecule has 0 bridgehead atoms. The summed E-state index contributed by atoms with van der Waals surface area (Å²) in [5.41, 5.74) is 0. The van der Waals surface area contributed by atoms with E-state index in [1.807, 2.05) is 6.64 Å². The van der Waals surface area contributed by atoms with E-state index in [0.29, 0.717) is 0 Å². The maximum absolute atomic E-state index is 3.59. The molecule has 0 amide bonds. The summed E-state index contributed by atoms with van der Waals surface area (Å²) in [7, 11) is 0.166. The summed E-state index contributed by atoms with van der Waals surface area (Å²) < 4.78 is 0. The van der Waals surface area contributed by atoms with Crippen LogP contribution >= 0.6 is 7.80 Å². The van der Waals surface area contributed by atoms with E-state index in [0.717, 1.165) is 0 Å². The molecule has 0 nitrogen and oxygen atoms in total. The molecule has 0 aliphatic heterocycles. The van der Waals surface area contributed by atoms with Crippen molar-refractivity contribution in [2.75, 3.05) is 13.3 Å². The third kappa shape index (κ3) is 4.36. The van der Waals surface area contributed by atoms with Gasteiger partial charge in [0.25, 0.3) is 0 Å². The van der Waals surface area contributed by atoms with Gasteiger partial charge in [-0.05, 0) is 0 Å². The molecule has 0 spiro atoms. The molecule has 0 saturated carbocycles. The number of hydrogen-bond acceptors (Lipinski definition) is 0. The zero-order valence-corrected chi connectivity index (χ0v) is 4.63. The summed E-state index contributed by atoms with van der Waals surface area (Å²) in [6.45, 7) is 9.91. The average Bonchev–Trinajstić information content (AvgIpc) is 1.38. The summed E-state index contributed by atoms with van der Waals surface area (Å²) >= 11 is 0. The zero-order chi connectivity index (χ0) is 4.28. The molecule has 0 aliphatic carbocycles. The van der Waals surface area contributed by atoms with Crippen molar-refractivity contribution >= 4 is 20.9 Å². The van der Waals surface area contributed by atoms with Gasteiger partial charge in [0, 0.05) is 0 Å². The molecule has 0 unspecified atom stereocenters. The van der Waals surface area contributed by atoms with Gasteiger partial charge >= 0.3 is 34.2 Å².